The van der Waals surface area contributed by atoms with Gasteiger partial charge < -0.3 is 15.2 Å². The van der Waals surface area contributed by atoms with E-state index >= 15 is 0 Å². The average Bonchev–Trinajstić information content (AvgIpc) is 2.52. The zero-order chi connectivity index (χ0) is 15.9. The van der Waals surface area contributed by atoms with Crippen molar-refractivity contribution in [2.75, 3.05) is 13.2 Å². The zero-order valence-corrected chi connectivity index (χ0v) is 13.1. The van der Waals surface area contributed by atoms with Gasteiger partial charge in [0.05, 0.1) is 5.56 Å². The number of ether oxygens (including phenoxy) is 2. The molecule has 0 saturated carbocycles. The lowest BCUT2D eigenvalue weighted by atomic mass is 10.2. The largest absolute Gasteiger partial charge is 0.490 e. The van der Waals surface area contributed by atoms with E-state index in [1.165, 1.54) is 11.6 Å². The van der Waals surface area contributed by atoms with Crippen LogP contribution >= 0.6 is 11.6 Å². The van der Waals surface area contributed by atoms with Crippen molar-refractivity contribution in [2.45, 2.75) is 13.3 Å². The third-order valence-corrected chi connectivity index (χ3v) is 3.36. The van der Waals surface area contributed by atoms with E-state index in [9.17, 15) is 4.79 Å². The number of halogens is 1. The van der Waals surface area contributed by atoms with E-state index in [2.05, 4.69) is 13.0 Å². The average molecular weight is 320 g/mol. The van der Waals surface area contributed by atoms with Gasteiger partial charge in [0.25, 0.3) is 5.91 Å². The summed E-state index contributed by atoms with van der Waals surface area (Å²) in [5.74, 6) is 0.631. The highest BCUT2D eigenvalue weighted by atomic mass is 35.5. The predicted octanol–water partition coefficient (Wildman–Crippen LogP) is 3.46. The number of hydrogen-bond donors (Lipinski definition) is 1. The lowest BCUT2D eigenvalue weighted by molar-refractivity contribution is 0.0995. The summed E-state index contributed by atoms with van der Waals surface area (Å²) in [6.07, 6.45) is 0.959. The van der Waals surface area contributed by atoms with Crippen LogP contribution < -0.4 is 15.2 Å². The van der Waals surface area contributed by atoms with Gasteiger partial charge in [0.1, 0.15) is 24.7 Å². The maximum absolute atomic E-state index is 11.4. The monoisotopic (exact) mass is 319 g/mol. The maximum atomic E-state index is 11.4. The molecule has 0 heterocycles. The molecule has 4 nitrogen and oxygen atoms in total. The standard InChI is InChI=1S/C17H18ClNO3/c1-2-12-4-3-5-14(10-12)21-8-9-22-16-7-6-13(18)11-15(16)17(19)20/h3-7,10-11H,2,8-9H2,1H3,(H2,19,20). The molecule has 0 aromatic heterocycles. The summed E-state index contributed by atoms with van der Waals surface area (Å²) in [5.41, 5.74) is 6.78. The molecule has 0 aliphatic heterocycles. The molecule has 1 amide bonds. The van der Waals surface area contributed by atoms with Crippen molar-refractivity contribution in [3.63, 3.8) is 0 Å². The van der Waals surface area contributed by atoms with Gasteiger partial charge in [-0.05, 0) is 42.3 Å². The molecular formula is C17H18ClNO3. The fourth-order valence-electron chi connectivity index (χ4n) is 1.99. The van der Waals surface area contributed by atoms with Crippen LogP contribution in [0.3, 0.4) is 0 Å². The number of amides is 1. The number of primary amides is 1. The van der Waals surface area contributed by atoms with E-state index in [0.29, 0.717) is 24.0 Å². The van der Waals surface area contributed by atoms with E-state index in [1.807, 2.05) is 18.2 Å². The van der Waals surface area contributed by atoms with Crippen LogP contribution in [0.2, 0.25) is 5.02 Å². The van der Waals surface area contributed by atoms with Gasteiger partial charge in [-0.2, -0.15) is 0 Å². The molecule has 22 heavy (non-hydrogen) atoms. The first-order valence-electron chi connectivity index (χ1n) is 7.04. The van der Waals surface area contributed by atoms with Crippen molar-refractivity contribution in [2.24, 2.45) is 5.73 Å². The Morgan fingerprint density at radius 3 is 2.64 bits per heavy atom. The number of nitrogens with two attached hydrogens (primary N) is 1. The molecule has 2 aromatic carbocycles. The Bertz CT molecular complexity index is 658. The highest BCUT2D eigenvalue weighted by Crippen LogP contribution is 2.22. The van der Waals surface area contributed by atoms with Gasteiger partial charge in [-0.1, -0.05) is 30.7 Å². The number of hydrogen-bond acceptors (Lipinski definition) is 3. The minimum absolute atomic E-state index is 0.264. The molecule has 0 spiro atoms. The topological polar surface area (TPSA) is 61.6 Å². The van der Waals surface area contributed by atoms with E-state index in [4.69, 9.17) is 26.8 Å². The van der Waals surface area contributed by atoms with Gasteiger partial charge in [-0.3, -0.25) is 4.79 Å². The second-order valence-corrected chi connectivity index (χ2v) is 5.14. The molecule has 2 N–H and O–H groups in total. The van der Waals surface area contributed by atoms with Crippen molar-refractivity contribution in [1.29, 1.82) is 0 Å². The Kier molecular flexibility index (Phi) is 5.67. The molecule has 0 aliphatic rings. The fourth-order valence-corrected chi connectivity index (χ4v) is 2.16. The first kappa shape index (κ1) is 16.2. The van der Waals surface area contributed by atoms with Crippen LogP contribution in [0.25, 0.3) is 0 Å². The fraction of sp³-hybridized carbons (Fsp3) is 0.235. The number of benzene rings is 2. The van der Waals surface area contributed by atoms with Crippen LogP contribution in [0.5, 0.6) is 11.5 Å². The SMILES string of the molecule is CCc1cccc(OCCOc2ccc(Cl)cc2C(N)=O)c1. The Hall–Kier alpha value is -2.20. The summed E-state index contributed by atoms with van der Waals surface area (Å²) in [7, 11) is 0. The zero-order valence-electron chi connectivity index (χ0n) is 12.3. The van der Waals surface area contributed by atoms with Crippen LogP contribution in [0, 0.1) is 0 Å². The summed E-state index contributed by atoms with van der Waals surface area (Å²) in [4.78, 5) is 11.4. The van der Waals surface area contributed by atoms with Crippen molar-refractivity contribution in [3.8, 4) is 11.5 Å². The van der Waals surface area contributed by atoms with E-state index in [1.54, 1.807) is 12.1 Å². The smallest absolute Gasteiger partial charge is 0.252 e. The third kappa shape index (κ3) is 4.40. The van der Waals surface area contributed by atoms with Crippen LogP contribution in [-0.4, -0.2) is 19.1 Å². The van der Waals surface area contributed by atoms with Crippen LogP contribution in [-0.2, 0) is 6.42 Å². The van der Waals surface area contributed by atoms with Crippen molar-refractivity contribution in [3.05, 3.63) is 58.6 Å². The molecule has 0 bridgehead atoms. The number of carbonyl (C=O) groups excluding carboxylic acids is 1. The van der Waals surface area contributed by atoms with Crippen molar-refractivity contribution >= 4 is 17.5 Å². The van der Waals surface area contributed by atoms with Gasteiger partial charge in [0, 0.05) is 5.02 Å². The summed E-state index contributed by atoms with van der Waals surface area (Å²) in [5, 5.41) is 0.439. The highest BCUT2D eigenvalue weighted by molar-refractivity contribution is 6.31. The highest BCUT2D eigenvalue weighted by Gasteiger charge is 2.10. The molecule has 0 saturated heterocycles. The molecule has 5 heteroatoms. The van der Waals surface area contributed by atoms with E-state index in [-0.39, 0.29) is 5.56 Å². The number of aryl methyl sites for hydroxylation is 1. The number of carbonyl (C=O) groups is 1. The maximum Gasteiger partial charge on any atom is 0.252 e. The Labute approximate surface area is 134 Å². The van der Waals surface area contributed by atoms with Gasteiger partial charge in [0.2, 0.25) is 0 Å². The first-order chi connectivity index (χ1) is 10.6. The quantitative estimate of drug-likeness (QED) is 0.795. The molecule has 0 radical (unpaired) electrons. The van der Waals surface area contributed by atoms with Crippen LogP contribution in [0.1, 0.15) is 22.8 Å². The van der Waals surface area contributed by atoms with Gasteiger partial charge in [-0.25, -0.2) is 0 Å². The summed E-state index contributed by atoms with van der Waals surface area (Å²) >= 11 is 5.84. The Balaban J connectivity index is 1.90. The Morgan fingerprint density at radius 1 is 1.14 bits per heavy atom. The minimum atomic E-state index is -0.575. The van der Waals surface area contributed by atoms with Gasteiger partial charge in [0.15, 0.2) is 0 Å². The second-order valence-electron chi connectivity index (χ2n) is 4.70. The molecule has 0 aliphatic carbocycles. The molecule has 0 unspecified atom stereocenters. The minimum Gasteiger partial charge on any atom is -0.490 e. The van der Waals surface area contributed by atoms with Crippen LogP contribution in [0.15, 0.2) is 42.5 Å². The van der Waals surface area contributed by atoms with E-state index in [0.717, 1.165) is 12.2 Å². The number of rotatable bonds is 7. The predicted molar refractivity (Wildman–Crippen MR) is 86.8 cm³/mol. The lowest BCUT2D eigenvalue weighted by Gasteiger charge is -2.11. The lowest BCUT2D eigenvalue weighted by Crippen LogP contribution is -2.15. The summed E-state index contributed by atoms with van der Waals surface area (Å²) in [6.45, 7) is 2.76. The van der Waals surface area contributed by atoms with E-state index < -0.39 is 5.91 Å². The van der Waals surface area contributed by atoms with Gasteiger partial charge in [-0.15, -0.1) is 0 Å². The first-order valence-corrected chi connectivity index (χ1v) is 7.42. The van der Waals surface area contributed by atoms with Crippen molar-refractivity contribution < 1.29 is 14.3 Å². The molecule has 0 atom stereocenters. The Morgan fingerprint density at radius 2 is 1.91 bits per heavy atom. The molecule has 116 valence electrons. The molecule has 0 fully saturated rings. The summed E-state index contributed by atoms with van der Waals surface area (Å²) in [6, 6.07) is 12.7. The second kappa shape index (κ2) is 7.71. The normalized spacial score (nSPS) is 10.3. The third-order valence-electron chi connectivity index (χ3n) is 3.12. The molecular weight excluding hydrogens is 302 g/mol. The summed E-state index contributed by atoms with van der Waals surface area (Å²) < 4.78 is 11.2. The molecule has 2 aromatic rings. The van der Waals surface area contributed by atoms with Gasteiger partial charge >= 0.3 is 0 Å². The molecule has 2 rings (SSSR count). The van der Waals surface area contributed by atoms with Crippen molar-refractivity contribution in [1.82, 2.24) is 0 Å². The van der Waals surface area contributed by atoms with Crippen LogP contribution in [0.4, 0.5) is 0 Å².